The van der Waals surface area contributed by atoms with E-state index in [9.17, 15) is 4.39 Å². The zero-order valence-electron chi connectivity index (χ0n) is 9.87. The SMILES string of the molecule is CCNC(c1ccc(C)c(F)c1)c1ncn[nH]1. The van der Waals surface area contributed by atoms with Crippen molar-refractivity contribution in [2.75, 3.05) is 6.54 Å². The van der Waals surface area contributed by atoms with Crippen molar-refractivity contribution in [1.29, 1.82) is 0 Å². The maximum absolute atomic E-state index is 13.5. The number of rotatable bonds is 4. The van der Waals surface area contributed by atoms with E-state index in [4.69, 9.17) is 0 Å². The van der Waals surface area contributed by atoms with Crippen LogP contribution in [-0.2, 0) is 0 Å². The normalized spacial score (nSPS) is 12.6. The number of hydrogen-bond acceptors (Lipinski definition) is 3. The molecule has 1 heterocycles. The highest BCUT2D eigenvalue weighted by molar-refractivity contribution is 5.29. The van der Waals surface area contributed by atoms with Crippen LogP contribution in [0.2, 0.25) is 0 Å². The zero-order valence-corrected chi connectivity index (χ0v) is 9.87. The smallest absolute Gasteiger partial charge is 0.145 e. The molecule has 2 rings (SSSR count). The molecule has 90 valence electrons. The largest absolute Gasteiger partial charge is 0.304 e. The van der Waals surface area contributed by atoms with Crippen LogP contribution in [0.15, 0.2) is 24.5 Å². The van der Waals surface area contributed by atoms with Crippen molar-refractivity contribution in [3.63, 3.8) is 0 Å². The van der Waals surface area contributed by atoms with Gasteiger partial charge in [0.2, 0.25) is 0 Å². The number of halogens is 1. The maximum Gasteiger partial charge on any atom is 0.145 e. The summed E-state index contributed by atoms with van der Waals surface area (Å²) in [6.45, 7) is 4.50. The van der Waals surface area contributed by atoms with Crippen LogP contribution in [0.5, 0.6) is 0 Å². The van der Waals surface area contributed by atoms with Crippen LogP contribution < -0.4 is 5.32 Å². The minimum Gasteiger partial charge on any atom is -0.304 e. The minimum atomic E-state index is -0.204. The molecule has 0 aliphatic heterocycles. The first-order valence-corrected chi connectivity index (χ1v) is 5.57. The van der Waals surface area contributed by atoms with E-state index in [-0.39, 0.29) is 11.9 Å². The number of benzene rings is 1. The van der Waals surface area contributed by atoms with Gasteiger partial charge in [-0.15, -0.1) is 0 Å². The monoisotopic (exact) mass is 234 g/mol. The Labute approximate surface area is 99.3 Å². The first kappa shape index (κ1) is 11.7. The lowest BCUT2D eigenvalue weighted by atomic mass is 10.0. The predicted molar refractivity (Wildman–Crippen MR) is 63.0 cm³/mol. The van der Waals surface area contributed by atoms with Crippen molar-refractivity contribution < 1.29 is 4.39 Å². The third kappa shape index (κ3) is 2.50. The Kier molecular flexibility index (Phi) is 3.49. The third-order valence-electron chi connectivity index (χ3n) is 2.64. The second kappa shape index (κ2) is 5.05. The van der Waals surface area contributed by atoms with Gasteiger partial charge in [0.25, 0.3) is 0 Å². The summed E-state index contributed by atoms with van der Waals surface area (Å²) in [6.07, 6.45) is 1.45. The lowest BCUT2D eigenvalue weighted by molar-refractivity contribution is 0.582. The van der Waals surface area contributed by atoms with Gasteiger partial charge >= 0.3 is 0 Å². The number of hydrogen-bond donors (Lipinski definition) is 2. The fraction of sp³-hybridized carbons (Fsp3) is 0.333. The fourth-order valence-electron chi connectivity index (χ4n) is 1.72. The first-order valence-electron chi connectivity index (χ1n) is 5.57. The van der Waals surface area contributed by atoms with Crippen molar-refractivity contribution in [3.8, 4) is 0 Å². The summed E-state index contributed by atoms with van der Waals surface area (Å²) in [5, 5.41) is 9.88. The Morgan fingerprint density at radius 1 is 1.47 bits per heavy atom. The van der Waals surface area contributed by atoms with Gasteiger partial charge in [-0.05, 0) is 30.7 Å². The van der Waals surface area contributed by atoms with Gasteiger partial charge < -0.3 is 5.32 Å². The van der Waals surface area contributed by atoms with E-state index in [2.05, 4.69) is 20.5 Å². The highest BCUT2D eigenvalue weighted by atomic mass is 19.1. The molecule has 1 unspecified atom stereocenters. The molecule has 0 saturated heterocycles. The minimum absolute atomic E-state index is 0.155. The van der Waals surface area contributed by atoms with Crippen LogP contribution in [0, 0.1) is 12.7 Å². The molecule has 0 radical (unpaired) electrons. The van der Waals surface area contributed by atoms with Crippen molar-refractivity contribution in [2.24, 2.45) is 0 Å². The lowest BCUT2D eigenvalue weighted by Crippen LogP contribution is -2.23. The summed E-state index contributed by atoms with van der Waals surface area (Å²) in [7, 11) is 0. The molecule has 0 aliphatic rings. The van der Waals surface area contributed by atoms with Gasteiger partial charge in [0, 0.05) is 0 Å². The molecule has 1 aromatic heterocycles. The Balaban J connectivity index is 2.35. The van der Waals surface area contributed by atoms with Gasteiger partial charge in [0.15, 0.2) is 0 Å². The molecule has 4 nitrogen and oxygen atoms in total. The molecule has 1 aromatic carbocycles. The zero-order chi connectivity index (χ0) is 12.3. The Morgan fingerprint density at radius 2 is 2.29 bits per heavy atom. The van der Waals surface area contributed by atoms with Crippen molar-refractivity contribution >= 4 is 0 Å². The topological polar surface area (TPSA) is 53.6 Å². The van der Waals surface area contributed by atoms with Crippen LogP contribution >= 0.6 is 0 Å². The van der Waals surface area contributed by atoms with E-state index in [1.165, 1.54) is 12.4 Å². The Bertz CT molecular complexity index is 481. The van der Waals surface area contributed by atoms with Crippen LogP contribution in [0.25, 0.3) is 0 Å². The second-order valence-electron chi connectivity index (χ2n) is 3.87. The van der Waals surface area contributed by atoms with E-state index in [1.54, 1.807) is 13.0 Å². The highest BCUT2D eigenvalue weighted by Gasteiger charge is 2.16. The van der Waals surface area contributed by atoms with Gasteiger partial charge in [0.05, 0.1) is 6.04 Å². The van der Waals surface area contributed by atoms with Gasteiger partial charge in [-0.1, -0.05) is 19.1 Å². The molecule has 0 saturated carbocycles. The third-order valence-corrected chi connectivity index (χ3v) is 2.64. The Morgan fingerprint density at radius 3 is 2.88 bits per heavy atom. The van der Waals surface area contributed by atoms with Crippen LogP contribution in [0.4, 0.5) is 4.39 Å². The van der Waals surface area contributed by atoms with E-state index >= 15 is 0 Å². The predicted octanol–water partition coefficient (Wildman–Crippen LogP) is 1.95. The van der Waals surface area contributed by atoms with E-state index in [1.807, 2.05) is 13.0 Å². The number of nitrogens with zero attached hydrogens (tertiary/aromatic N) is 2. The van der Waals surface area contributed by atoms with Crippen molar-refractivity contribution in [1.82, 2.24) is 20.5 Å². The van der Waals surface area contributed by atoms with E-state index < -0.39 is 0 Å². The molecule has 0 aliphatic carbocycles. The summed E-state index contributed by atoms with van der Waals surface area (Å²) in [5.74, 6) is 0.486. The summed E-state index contributed by atoms with van der Waals surface area (Å²) in [5.41, 5.74) is 1.48. The van der Waals surface area contributed by atoms with Crippen LogP contribution in [-0.4, -0.2) is 21.7 Å². The molecule has 2 aromatic rings. The number of aromatic amines is 1. The molecule has 5 heteroatoms. The average Bonchev–Trinajstić information content (AvgIpc) is 2.83. The average molecular weight is 234 g/mol. The summed E-state index contributed by atoms with van der Waals surface area (Å²) in [4.78, 5) is 4.11. The molecule has 0 bridgehead atoms. The number of nitrogens with one attached hydrogen (secondary N) is 2. The molecule has 17 heavy (non-hydrogen) atoms. The number of aromatic nitrogens is 3. The van der Waals surface area contributed by atoms with Gasteiger partial charge in [-0.2, -0.15) is 5.10 Å². The molecule has 0 fully saturated rings. The first-order chi connectivity index (χ1) is 8.22. The summed E-state index contributed by atoms with van der Waals surface area (Å²) < 4.78 is 13.5. The standard InChI is InChI=1S/C12H15FN4/c1-3-14-11(12-15-7-16-17-12)9-5-4-8(2)10(13)6-9/h4-7,11,14H,3H2,1-2H3,(H,15,16,17). The number of H-pyrrole nitrogens is 1. The lowest BCUT2D eigenvalue weighted by Gasteiger charge is -2.16. The fourth-order valence-corrected chi connectivity index (χ4v) is 1.72. The molecule has 1 atom stereocenters. The quantitative estimate of drug-likeness (QED) is 0.850. The van der Waals surface area contributed by atoms with Crippen LogP contribution in [0.1, 0.15) is 29.9 Å². The summed E-state index contributed by atoms with van der Waals surface area (Å²) in [6, 6.07) is 5.04. The van der Waals surface area contributed by atoms with Gasteiger partial charge in [-0.25, -0.2) is 9.37 Å². The van der Waals surface area contributed by atoms with Crippen molar-refractivity contribution in [3.05, 3.63) is 47.3 Å². The molecule has 0 amide bonds. The van der Waals surface area contributed by atoms with Gasteiger partial charge in [-0.3, -0.25) is 5.10 Å². The van der Waals surface area contributed by atoms with Crippen molar-refractivity contribution in [2.45, 2.75) is 19.9 Å². The summed E-state index contributed by atoms with van der Waals surface area (Å²) >= 11 is 0. The van der Waals surface area contributed by atoms with Gasteiger partial charge in [0.1, 0.15) is 18.0 Å². The molecular weight excluding hydrogens is 219 g/mol. The highest BCUT2D eigenvalue weighted by Crippen LogP contribution is 2.20. The molecular formula is C12H15FN4. The maximum atomic E-state index is 13.5. The molecule has 2 N–H and O–H groups in total. The van der Waals surface area contributed by atoms with E-state index in [0.717, 1.165) is 12.1 Å². The Hall–Kier alpha value is -1.75. The molecule has 0 spiro atoms. The van der Waals surface area contributed by atoms with E-state index in [0.29, 0.717) is 11.4 Å². The second-order valence-corrected chi connectivity index (χ2v) is 3.87. The van der Waals surface area contributed by atoms with Crippen LogP contribution in [0.3, 0.4) is 0 Å². The number of aryl methyl sites for hydroxylation is 1.